The molecular weight excluding hydrogens is 370 g/mol. The van der Waals surface area contributed by atoms with E-state index in [0.29, 0.717) is 24.6 Å². The molecule has 0 saturated carbocycles. The third-order valence-corrected chi connectivity index (χ3v) is 6.06. The molecule has 146 valence electrons. The summed E-state index contributed by atoms with van der Waals surface area (Å²) in [7, 11) is -0.879. The number of nitrogens with zero attached hydrogens (tertiary/aromatic N) is 1. The fourth-order valence-corrected chi connectivity index (χ4v) is 4.16. The average Bonchev–Trinajstić information content (AvgIpc) is 2.68. The molecule has 0 amide bonds. The fourth-order valence-electron chi connectivity index (χ4n) is 2.52. The van der Waals surface area contributed by atoms with E-state index in [-0.39, 0.29) is 16.2 Å². The van der Waals surface area contributed by atoms with Gasteiger partial charge in [-0.2, -0.15) is 4.31 Å². The largest absolute Gasteiger partial charge is 0.497 e. The summed E-state index contributed by atoms with van der Waals surface area (Å²) in [4.78, 5) is 12.4. The van der Waals surface area contributed by atoms with Crippen LogP contribution in [0.3, 0.4) is 0 Å². The summed E-state index contributed by atoms with van der Waals surface area (Å²) in [6.45, 7) is 4.11. The molecule has 0 heterocycles. The molecule has 7 nitrogen and oxygen atoms in total. The number of rotatable bonds is 8. The van der Waals surface area contributed by atoms with Gasteiger partial charge < -0.3 is 14.2 Å². The molecule has 0 N–H and O–H groups in total. The molecule has 0 aliphatic heterocycles. The van der Waals surface area contributed by atoms with E-state index in [9.17, 15) is 13.2 Å². The maximum Gasteiger partial charge on any atom is 0.343 e. The molecule has 2 aromatic carbocycles. The summed E-state index contributed by atoms with van der Waals surface area (Å²) in [6, 6.07) is 10.7. The number of sulfonamides is 1. The van der Waals surface area contributed by atoms with E-state index in [0.717, 1.165) is 0 Å². The van der Waals surface area contributed by atoms with Crippen LogP contribution in [-0.2, 0) is 10.0 Å². The van der Waals surface area contributed by atoms with Gasteiger partial charge in [0.25, 0.3) is 0 Å². The van der Waals surface area contributed by atoms with Crippen molar-refractivity contribution in [2.75, 3.05) is 27.3 Å². The number of ether oxygens (including phenoxy) is 3. The molecule has 0 aromatic heterocycles. The van der Waals surface area contributed by atoms with E-state index < -0.39 is 16.0 Å². The van der Waals surface area contributed by atoms with Gasteiger partial charge in [-0.1, -0.05) is 13.8 Å². The molecule has 0 atom stereocenters. The average molecular weight is 393 g/mol. The van der Waals surface area contributed by atoms with Crippen molar-refractivity contribution in [3.8, 4) is 17.2 Å². The van der Waals surface area contributed by atoms with Crippen molar-refractivity contribution >= 4 is 16.0 Å². The molecule has 0 aliphatic rings. The maximum atomic E-state index is 12.9. The lowest BCUT2D eigenvalue weighted by molar-refractivity contribution is 0.0734. The van der Waals surface area contributed by atoms with E-state index in [1.165, 1.54) is 36.7 Å². The number of esters is 1. The number of hydrogen-bond acceptors (Lipinski definition) is 6. The van der Waals surface area contributed by atoms with Gasteiger partial charge >= 0.3 is 5.97 Å². The zero-order chi connectivity index (χ0) is 20.0. The van der Waals surface area contributed by atoms with Crippen molar-refractivity contribution in [1.82, 2.24) is 4.31 Å². The first kappa shape index (κ1) is 20.7. The Morgan fingerprint density at radius 1 is 0.926 bits per heavy atom. The van der Waals surface area contributed by atoms with Crippen molar-refractivity contribution in [1.29, 1.82) is 0 Å². The maximum absolute atomic E-state index is 12.9. The summed E-state index contributed by atoms with van der Waals surface area (Å²) in [5.74, 6) is 0.457. The summed E-state index contributed by atoms with van der Waals surface area (Å²) >= 11 is 0. The molecule has 0 bridgehead atoms. The zero-order valence-electron chi connectivity index (χ0n) is 15.8. The van der Waals surface area contributed by atoms with Crippen LogP contribution >= 0.6 is 0 Å². The minimum Gasteiger partial charge on any atom is -0.497 e. The molecule has 2 rings (SSSR count). The Morgan fingerprint density at radius 2 is 1.52 bits per heavy atom. The first-order chi connectivity index (χ1) is 12.9. The highest BCUT2D eigenvalue weighted by Gasteiger charge is 2.27. The topological polar surface area (TPSA) is 82.1 Å². The summed E-state index contributed by atoms with van der Waals surface area (Å²) in [6.07, 6.45) is 0. The minimum atomic E-state index is -3.80. The molecule has 27 heavy (non-hydrogen) atoms. The lowest BCUT2D eigenvalue weighted by Gasteiger charge is -2.20. The Bertz CT molecular complexity index is 889. The monoisotopic (exact) mass is 393 g/mol. The Labute approximate surface area is 159 Å². The van der Waals surface area contributed by atoms with Crippen LogP contribution in [0.4, 0.5) is 0 Å². The molecular formula is C19H23NO6S. The molecule has 0 unspecified atom stereocenters. The van der Waals surface area contributed by atoms with Crippen molar-refractivity contribution < 1.29 is 27.4 Å². The summed E-state index contributed by atoms with van der Waals surface area (Å²) in [5.41, 5.74) is 0.109. The van der Waals surface area contributed by atoms with Crippen LogP contribution in [-0.4, -0.2) is 46.0 Å². The van der Waals surface area contributed by atoms with Gasteiger partial charge in [-0.3, -0.25) is 0 Å². The van der Waals surface area contributed by atoms with Crippen LogP contribution in [0, 0.1) is 0 Å². The fraction of sp³-hybridized carbons (Fsp3) is 0.316. The molecule has 8 heteroatoms. The van der Waals surface area contributed by atoms with Crippen LogP contribution in [0.25, 0.3) is 0 Å². The number of carbonyl (C=O) groups is 1. The summed E-state index contributed by atoms with van der Waals surface area (Å²) in [5, 5.41) is 0. The number of hydrogen-bond donors (Lipinski definition) is 0. The Kier molecular flexibility index (Phi) is 6.81. The smallest absolute Gasteiger partial charge is 0.343 e. The number of methoxy groups -OCH3 is 2. The highest BCUT2D eigenvalue weighted by atomic mass is 32.2. The zero-order valence-corrected chi connectivity index (χ0v) is 16.6. The van der Waals surface area contributed by atoms with Crippen molar-refractivity contribution in [3.63, 3.8) is 0 Å². The second-order valence-corrected chi connectivity index (χ2v) is 7.43. The lowest BCUT2D eigenvalue weighted by Crippen LogP contribution is -2.31. The van der Waals surface area contributed by atoms with Crippen LogP contribution in [0.15, 0.2) is 47.4 Å². The van der Waals surface area contributed by atoms with E-state index in [1.807, 2.05) is 0 Å². The Morgan fingerprint density at radius 3 is 2.04 bits per heavy atom. The first-order valence-electron chi connectivity index (χ1n) is 8.41. The third kappa shape index (κ3) is 4.58. The van der Waals surface area contributed by atoms with Crippen LogP contribution in [0.1, 0.15) is 24.2 Å². The standard InChI is InChI=1S/C19H23NO6S/c1-5-20(6-2)27(22,23)18-13-14(7-12-17(18)25-4)19(21)26-16-10-8-15(24-3)9-11-16/h7-13H,5-6H2,1-4H3. The Hall–Kier alpha value is -2.58. The van der Waals surface area contributed by atoms with Gasteiger partial charge in [0, 0.05) is 13.1 Å². The van der Waals surface area contributed by atoms with Gasteiger partial charge in [0.05, 0.1) is 19.8 Å². The van der Waals surface area contributed by atoms with Gasteiger partial charge in [-0.25, -0.2) is 13.2 Å². The second kappa shape index (κ2) is 8.88. The predicted octanol–water partition coefficient (Wildman–Crippen LogP) is 2.95. The van der Waals surface area contributed by atoms with Gasteiger partial charge in [0.15, 0.2) is 0 Å². The van der Waals surface area contributed by atoms with Gasteiger partial charge in [0.2, 0.25) is 10.0 Å². The van der Waals surface area contributed by atoms with Crippen LogP contribution < -0.4 is 14.2 Å². The first-order valence-corrected chi connectivity index (χ1v) is 9.85. The van der Waals surface area contributed by atoms with Gasteiger partial charge in [-0.05, 0) is 42.5 Å². The molecule has 0 aliphatic carbocycles. The van der Waals surface area contributed by atoms with Gasteiger partial charge in [0.1, 0.15) is 22.1 Å². The molecule has 0 fully saturated rings. The molecule has 0 spiro atoms. The molecule has 0 saturated heterocycles. The van der Waals surface area contributed by atoms with E-state index in [1.54, 1.807) is 38.1 Å². The van der Waals surface area contributed by atoms with Crippen molar-refractivity contribution in [2.45, 2.75) is 18.7 Å². The summed E-state index contributed by atoms with van der Waals surface area (Å²) < 4.78 is 42.6. The quantitative estimate of drug-likeness (QED) is 0.507. The predicted molar refractivity (Wildman–Crippen MR) is 101 cm³/mol. The minimum absolute atomic E-state index is 0.0714. The molecule has 2 aromatic rings. The lowest BCUT2D eigenvalue weighted by atomic mass is 10.2. The van der Waals surface area contributed by atoms with Crippen LogP contribution in [0.2, 0.25) is 0 Å². The highest BCUT2D eigenvalue weighted by Crippen LogP contribution is 2.28. The van der Waals surface area contributed by atoms with Gasteiger partial charge in [-0.15, -0.1) is 0 Å². The Balaban J connectivity index is 2.36. The number of benzene rings is 2. The van der Waals surface area contributed by atoms with Crippen molar-refractivity contribution in [2.24, 2.45) is 0 Å². The van der Waals surface area contributed by atoms with E-state index >= 15 is 0 Å². The third-order valence-electron chi connectivity index (χ3n) is 3.99. The second-order valence-electron chi connectivity index (χ2n) is 5.52. The van der Waals surface area contributed by atoms with Crippen LogP contribution in [0.5, 0.6) is 17.2 Å². The SMILES string of the molecule is CCN(CC)S(=O)(=O)c1cc(C(=O)Oc2ccc(OC)cc2)ccc1OC. The van der Waals surface area contributed by atoms with Crippen molar-refractivity contribution in [3.05, 3.63) is 48.0 Å². The highest BCUT2D eigenvalue weighted by molar-refractivity contribution is 7.89. The van der Waals surface area contributed by atoms with E-state index in [2.05, 4.69) is 0 Å². The molecule has 0 radical (unpaired) electrons. The normalized spacial score (nSPS) is 11.3. The number of carbonyl (C=O) groups excluding carboxylic acids is 1. The van der Waals surface area contributed by atoms with E-state index in [4.69, 9.17) is 14.2 Å².